The van der Waals surface area contributed by atoms with E-state index in [0.29, 0.717) is 24.5 Å². The molecule has 2 rings (SSSR count). The minimum atomic E-state index is -0.437. The zero-order chi connectivity index (χ0) is 14.5. The maximum atomic E-state index is 11.9. The topological polar surface area (TPSA) is 79.2 Å². The van der Waals surface area contributed by atoms with Crippen LogP contribution in [0.5, 0.6) is 0 Å². The van der Waals surface area contributed by atoms with Crippen molar-refractivity contribution in [1.29, 1.82) is 0 Å². The number of carbonyl (C=O) groups is 1. The Bertz CT molecular complexity index is 658. The number of rotatable bonds is 5. The number of aromatic nitrogens is 2. The average Bonchev–Trinajstić information content (AvgIpc) is 2.82. The lowest BCUT2D eigenvalue weighted by atomic mass is 10.4. The Kier molecular flexibility index (Phi) is 4.24. The van der Waals surface area contributed by atoms with E-state index in [1.54, 1.807) is 35.2 Å². The van der Waals surface area contributed by atoms with Crippen molar-refractivity contribution in [2.45, 2.75) is 20.0 Å². The lowest BCUT2D eigenvalue weighted by Crippen LogP contribution is -2.22. The number of hydrogen-bond donors (Lipinski definition) is 1. The van der Waals surface area contributed by atoms with Gasteiger partial charge in [-0.05, 0) is 19.1 Å². The Morgan fingerprint density at radius 2 is 2.15 bits per heavy atom. The van der Waals surface area contributed by atoms with Gasteiger partial charge >= 0.3 is 5.97 Å². The first-order valence-electron chi connectivity index (χ1n) is 6.40. The molecule has 0 saturated heterocycles. The van der Waals surface area contributed by atoms with E-state index < -0.39 is 5.97 Å². The third-order valence-electron chi connectivity index (χ3n) is 2.93. The number of nitrogens with two attached hydrogens (primary N) is 1. The summed E-state index contributed by atoms with van der Waals surface area (Å²) >= 11 is 0. The number of carbonyl (C=O) groups excluding carboxylic acids is 1. The van der Waals surface area contributed by atoms with Gasteiger partial charge in [0.2, 0.25) is 0 Å². The molecule has 0 aliphatic rings. The van der Waals surface area contributed by atoms with E-state index in [0.717, 1.165) is 0 Å². The van der Waals surface area contributed by atoms with Crippen molar-refractivity contribution in [3.8, 4) is 0 Å². The molecule has 2 heterocycles. The Labute approximate surface area is 116 Å². The number of pyridine rings is 1. The van der Waals surface area contributed by atoms with Crippen LogP contribution in [-0.4, -0.2) is 21.7 Å². The van der Waals surface area contributed by atoms with Crippen molar-refractivity contribution in [3.05, 3.63) is 52.7 Å². The highest BCUT2D eigenvalue weighted by Gasteiger charge is 2.13. The molecule has 6 heteroatoms. The molecule has 0 atom stereocenters. The van der Waals surface area contributed by atoms with Gasteiger partial charge in [0.05, 0.1) is 12.2 Å². The third-order valence-corrected chi connectivity index (χ3v) is 2.93. The predicted molar refractivity (Wildman–Crippen MR) is 75.5 cm³/mol. The molecule has 106 valence electrons. The molecular formula is C14H17N3O3. The molecular weight excluding hydrogens is 258 g/mol. The minimum Gasteiger partial charge on any atom is -0.459 e. The standard InChI is InChI=1S/C14H17N3O3/c1-2-16-10-11(15)9-12(16)14(19)20-8-7-17-6-4-3-5-13(17)18/h3-6,9-10H,2,7-8,15H2,1H3. The molecule has 0 aliphatic heterocycles. The molecule has 0 aliphatic carbocycles. The maximum absolute atomic E-state index is 11.9. The molecule has 6 nitrogen and oxygen atoms in total. The fourth-order valence-corrected chi connectivity index (χ4v) is 1.92. The Balaban J connectivity index is 1.96. The van der Waals surface area contributed by atoms with Gasteiger partial charge in [-0.15, -0.1) is 0 Å². The normalized spacial score (nSPS) is 10.4. The first kappa shape index (κ1) is 13.9. The first-order chi connectivity index (χ1) is 9.61. The number of nitrogen functional groups attached to an aromatic ring is 1. The van der Waals surface area contributed by atoms with Crippen LogP contribution in [0, 0.1) is 0 Å². The van der Waals surface area contributed by atoms with Crippen molar-refractivity contribution < 1.29 is 9.53 Å². The van der Waals surface area contributed by atoms with E-state index in [-0.39, 0.29) is 12.2 Å². The second-order valence-electron chi connectivity index (χ2n) is 4.31. The molecule has 0 saturated carbocycles. The minimum absolute atomic E-state index is 0.121. The Hall–Kier alpha value is -2.50. The van der Waals surface area contributed by atoms with E-state index in [1.807, 2.05) is 6.92 Å². The molecule has 2 aromatic rings. The highest BCUT2D eigenvalue weighted by atomic mass is 16.5. The van der Waals surface area contributed by atoms with Crippen molar-refractivity contribution in [2.24, 2.45) is 0 Å². The lowest BCUT2D eigenvalue weighted by Gasteiger charge is -2.08. The Morgan fingerprint density at radius 1 is 1.35 bits per heavy atom. The number of ether oxygens (including phenoxy) is 1. The van der Waals surface area contributed by atoms with Crippen LogP contribution >= 0.6 is 0 Å². The van der Waals surface area contributed by atoms with Crippen LogP contribution in [-0.2, 0) is 17.8 Å². The first-order valence-corrected chi connectivity index (χ1v) is 6.40. The molecule has 0 radical (unpaired) electrons. The van der Waals surface area contributed by atoms with Gasteiger partial charge in [-0.2, -0.15) is 0 Å². The molecule has 0 bridgehead atoms. The summed E-state index contributed by atoms with van der Waals surface area (Å²) in [6, 6.07) is 6.47. The largest absolute Gasteiger partial charge is 0.459 e. The second-order valence-corrected chi connectivity index (χ2v) is 4.31. The number of nitrogens with zero attached hydrogens (tertiary/aromatic N) is 2. The molecule has 2 aromatic heterocycles. The van der Waals surface area contributed by atoms with Crippen molar-refractivity contribution in [2.75, 3.05) is 12.3 Å². The lowest BCUT2D eigenvalue weighted by molar-refractivity contribution is 0.0478. The van der Waals surface area contributed by atoms with Crippen LogP contribution in [0.3, 0.4) is 0 Å². The zero-order valence-corrected chi connectivity index (χ0v) is 11.3. The van der Waals surface area contributed by atoms with Gasteiger partial charge < -0.3 is 19.6 Å². The van der Waals surface area contributed by atoms with Crippen LogP contribution in [0.2, 0.25) is 0 Å². The van der Waals surface area contributed by atoms with Crippen LogP contribution in [0.25, 0.3) is 0 Å². The Morgan fingerprint density at radius 3 is 2.85 bits per heavy atom. The summed E-state index contributed by atoms with van der Waals surface area (Å²) in [5.41, 5.74) is 6.49. The van der Waals surface area contributed by atoms with Crippen LogP contribution < -0.4 is 11.3 Å². The van der Waals surface area contributed by atoms with Crippen molar-refractivity contribution >= 4 is 11.7 Å². The molecule has 0 aromatic carbocycles. The summed E-state index contributed by atoms with van der Waals surface area (Å²) in [6.45, 7) is 3.02. The van der Waals surface area contributed by atoms with Gasteiger partial charge in [-0.3, -0.25) is 4.79 Å². The summed E-state index contributed by atoms with van der Waals surface area (Å²) in [7, 11) is 0. The summed E-state index contributed by atoms with van der Waals surface area (Å²) in [5.74, 6) is -0.437. The fourth-order valence-electron chi connectivity index (χ4n) is 1.92. The van der Waals surface area contributed by atoms with Crippen LogP contribution in [0.4, 0.5) is 5.69 Å². The molecule has 20 heavy (non-hydrogen) atoms. The van der Waals surface area contributed by atoms with E-state index >= 15 is 0 Å². The summed E-state index contributed by atoms with van der Waals surface area (Å²) < 4.78 is 8.38. The fraction of sp³-hybridized carbons (Fsp3) is 0.286. The monoisotopic (exact) mass is 275 g/mol. The maximum Gasteiger partial charge on any atom is 0.355 e. The quantitative estimate of drug-likeness (QED) is 0.829. The summed E-state index contributed by atoms with van der Waals surface area (Å²) in [6.07, 6.45) is 3.35. The van der Waals surface area contributed by atoms with Crippen molar-refractivity contribution in [1.82, 2.24) is 9.13 Å². The SMILES string of the molecule is CCn1cc(N)cc1C(=O)OCCn1ccccc1=O. The highest BCUT2D eigenvalue weighted by molar-refractivity contribution is 5.89. The molecule has 0 amide bonds. The molecule has 2 N–H and O–H groups in total. The number of hydrogen-bond acceptors (Lipinski definition) is 4. The zero-order valence-electron chi connectivity index (χ0n) is 11.3. The smallest absolute Gasteiger partial charge is 0.355 e. The second kappa shape index (κ2) is 6.10. The third kappa shape index (κ3) is 3.09. The summed E-state index contributed by atoms with van der Waals surface area (Å²) in [4.78, 5) is 23.4. The molecule has 0 unspecified atom stereocenters. The summed E-state index contributed by atoms with van der Waals surface area (Å²) in [5, 5.41) is 0. The van der Waals surface area contributed by atoms with Gasteiger partial charge in [-0.1, -0.05) is 6.07 Å². The van der Waals surface area contributed by atoms with Gasteiger partial charge in [0.15, 0.2) is 0 Å². The van der Waals surface area contributed by atoms with Gasteiger partial charge in [0, 0.05) is 25.0 Å². The molecule has 0 spiro atoms. The van der Waals surface area contributed by atoms with Gasteiger partial charge in [0.25, 0.3) is 5.56 Å². The van der Waals surface area contributed by atoms with Crippen LogP contribution in [0.1, 0.15) is 17.4 Å². The predicted octanol–water partition coefficient (Wildman–Crippen LogP) is 1.11. The van der Waals surface area contributed by atoms with Gasteiger partial charge in [-0.25, -0.2) is 4.79 Å². The number of esters is 1. The van der Waals surface area contributed by atoms with E-state index in [1.165, 1.54) is 10.6 Å². The highest BCUT2D eigenvalue weighted by Crippen LogP contribution is 2.11. The molecule has 0 fully saturated rings. The average molecular weight is 275 g/mol. The van der Waals surface area contributed by atoms with E-state index in [9.17, 15) is 9.59 Å². The van der Waals surface area contributed by atoms with Crippen molar-refractivity contribution in [3.63, 3.8) is 0 Å². The van der Waals surface area contributed by atoms with Gasteiger partial charge in [0.1, 0.15) is 12.3 Å². The number of aryl methyl sites for hydroxylation is 1. The van der Waals surface area contributed by atoms with E-state index in [2.05, 4.69) is 0 Å². The van der Waals surface area contributed by atoms with Crippen LogP contribution in [0.15, 0.2) is 41.5 Å². The van der Waals surface area contributed by atoms with E-state index in [4.69, 9.17) is 10.5 Å². The number of anilines is 1.